The third-order valence-corrected chi connectivity index (χ3v) is 6.62. The first-order valence-corrected chi connectivity index (χ1v) is 13.0. The first kappa shape index (κ1) is 29.6. The van der Waals surface area contributed by atoms with Crippen LogP contribution in [0.3, 0.4) is 0 Å². The van der Waals surface area contributed by atoms with Crippen LogP contribution in [0.1, 0.15) is 50.0 Å². The molecule has 210 valence electrons. The second-order valence-corrected chi connectivity index (χ2v) is 10.2. The van der Waals surface area contributed by atoms with E-state index in [1.165, 1.54) is 26.0 Å². The fraction of sp³-hybridized carbons (Fsp3) is 0.448. The molecular formula is C29H36N2O8. The van der Waals surface area contributed by atoms with Crippen molar-refractivity contribution in [3.8, 4) is 5.75 Å². The Kier molecular flexibility index (Phi) is 10.1. The number of esters is 2. The Morgan fingerprint density at radius 2 is 1.62 bits per heavy atom. The molecule has 2 aromatic rings. The number of rotatable bonds is 6. The fourth-order valence-electron chi connectivity index (χ4n) is 4.36. The first-order valence-electron chi connectivity index (χ1n) is 13.0. The fourth-order valence-corrected chi connectivity index (χ4v) is 4.36. The quantitative estimate of drug-likeness (QED) is 0.407. The molecule has 0 saturated carbocycles. The molecule has 6 unspecified atom stereocenters. The summed E-state index contributed by atoms with van der Waals surface area (Å²) in [6.45, 7) is 6.58. The number of carbonyl (C=O) groups excluding carboxylic acids is 4. The normalized spacial score (nSPS) is 26.5. The van der Waals surface area contributed by atoms with E-state index in [0.717, 1.165) is 5.56 Å². The minimum atomic E-state index is -1.39. The van der Waals surface area contributed by atoms with Crippen molar-refractivity contribution >= 4 is 23.8 Å². The van der Waals surface area contributed by atoms with E-state index in [2.05, 4.69) is 10.6 Å². The van der Waals surface area contributed by atoms with Gasteiger partial charge < -0.3 is 30.3 Å². The van der Waals surface area contributed by atoms with Crippen LogP contribution in [0, 0.1) is 11.8 Å². The highest BCUT2D eigenvalue weighted by atomic mass is 16.6. The van der Waals surface area contributed by atoms with Crippen molar-refractivity contribution in [3.63, 3.8) is 0 Å². The van der Waals surface area contributed by atoms with E-state index in [1.807, 2.05) is 44.2 Å². The average Bonchev–Trinajstić information content (AvgIpc) is 2.89. The second-order valence-electron chi connectivity index (χ2n) is 10.2. The maximum Gasteiger partial charge on any atom is 0.347 e. The number of hydrogen-bond donors (Lipinski definition) is 4. The van der Waals surface area contributed by atoms with E-state index >= 15 is 0 Å². The monoisotopic (exact) mass is 540 g/mol. The summed E-state index contributed by atoms with van der Waals surface area (Å²) in [5.41, 5.74) is 0.720. The van der Waals surface area contributed by atoms with Crippen LogP contribution >= 0.6 is 0 Å². The molecule has 0 spiro atoms. The van der Waals surface area contributed by atoms with Crippen molar-refractivity contribution in [2.75, 3.05) is 0 Å². The summed E-state index contributed by atoms with van der Waals surface area (Å²) >= 11 is 0. The van der Waals surface area contributed by atoms with Crippen LogP contribution in [-0.2, 0) is 30.3 Å². The van der Waals surface area contributed by atoms with Crippen molar-refractivity contribution < 1.29 is 38.9 Å². The molecule has 1 aliphatic rings. The van der Waals surface area contributed by atoms with Gasteiger partial charge in [-0.05, 0) is 50.3 Å². The van der Waals surface area contributed by atoms with Gasteiger partial charge in [0.2, 0.25) is 5.91 Å². The van der Waals surface area contributed by atoms with Gasteiger partial charge >= 0.3 is 11.9 Å². The Morgan fingerprint density at radius 1 is 0.974 bits per heavy atom. The van der Waals surface area contributed by atoms with Crippen molar-refractivity contribution in [2.24, 2.45) is 11.8 Å². The van der Waals surface area contributed by atoms with Crippen LogP contribution in [0.15, 0.2) is 54.6 Å². The lowest BCUT2D eigenvalue weighted by atomic mass is 9.92. The van der Waals surface area contributed by atoms with E-state index in [9.17, 15) is 29.4 Å². The van der Waals surface area contributed by atoms with Gasteiger partial charge in [-0.2, -0.15) is 0 Å². The molecule has 1 aliphatic heterocycles. The lowest BCUT2D eigenvalue weighted by Crippen LogP contribution is -2.59. The van der Waals surface area contributed by atoms with Gasteiger partial charge in [0.1, 0.15) is 17.9 Å². The van der Waals surface area contributed by atoms with Gasteiger partial charge in [-0.3, -0.25) is 14.4 Å². The largest absolute Gasteiger partial charge is 0.507 e. The third kappa shape index (κ3) is 7.79. The number of cyclic esters (lactones) is 2. The number of aliphatic hydroxyl groups is 1. The number of aliphatic hydroxyl groups excluding tert-OH is 1. The van der Waals surface area contributed by atoms with Crippen LogP contribution in [0.25, 0.3) is 0 Å². The molecule has 10 heteroatoms. The SMILES string of the molecule is CC(C)CC1OC(=O)C(C)C(O)C(Cc2ccccc2)NC(=O)C(NC(=O)c2ccccc2O)C(C)OC1=O. The maximum absolute atomic E-state index is 13.6. The molecule has 0 aliphatic carbocycles. The molecule has 6 atom stereocenters. The second kappa shape index (κ2) is 13.2. The molecule has 2 aromatic carbocycles. The summed E-state index contributed by atoms with van der Waals surface area (Å²) in [5.74, 6) is -4.58. The van der Waals surface area contributed by atoms with Gasteiger partial charge in [-0.15, -0.1) is 0 Å². The molecule has 39 heavy (non-hydrogen) atoms. The molecule has 10 nitrogen and oxygen atoms in total. The predicted octanol–water partition coefficient (Wildman–Crippen LogP) is 2.12. The number of ether oxygens (including phenoxy) is 2. The summed E-state index contributed by atoms with van der Waals surface area (Å²) in [5, 5.41) is 26.6. The summed E-state index contributed by atoms with van der Waals surface area (Å²) in [6.07, 6.45) is -3.49. The average molecular weight is 541 g/mol. The third-order valence-electron chi connectivity index (χ3n) is 6.62. The number of phenols is 1. The Bertz CT molecular complexity index is 1170. The maximum atomic E-state index is 13.6. The smallest absolute Gasteiger partial charge is 0.347 e. The van der Waals surface area contributed by atoms with Crippen molar-refractivity contribution in [1.29, 1.82) is 0 Å². The van der Waals surface area contributed by atoms with Crippen LogP contribution in [0.5, 0.6) is 5.75 Å². The Balaban J connectivity index is 1.99. The number of aromatic hydroxyl groups is 1. The summed E-state index contributed by atoms with van der Waals surface area (Å²) < 4.78 is 11.0. The Morgan fingerprint density at radius 3 is 2.26 bits per heavy atom. The zero-order valence-corrected chi connectivity index (χ0v) is 22.5. The first-order chi connectivity index (χ1) is 18.5. The molecule has 1 fully saturated rings. The summed E-state index contributed by atoms with van der Waals surface area (Å²) in [4.78, 5) is 52.6. The van der Waals surface area contributed by atoms with Crippen LogP contribution in [0.4, 0.5) is 0 Å². The predicted molar refractivity (Wildman–Crippen MR) is 141 cm³/mol. The standard InChI is InChI=1S/C29H36N2O8/c1-16(2)14-23-29(37)38-18(4)24(31-26(34)20-12-8-9-13-22(20)32)27(35)30-21(15-19-10-6-5-7-11-19)25(33)17(3)28(36)39-23/h5-13,16-18,21,23-25,32-33H,14-15H2,1-4H3,(H,30,35)(H,31,34). The zero-order chi connectivity index (χ0) is 28.7. The highest BCUT2D eigenvalue weighted by Gasteiger charge is 2.40. The number of hydrogen-bond acceptors (Lipinski definition) is 8. The van der Waals surface area contributed by atoms with Crippen LogP contribution in [0.2, 0.25) is 0 Å². The van der Waals surface area contributed by atoms with E-state index < -0.39 is 60.1 Å². The molecule has 1 saturated heterocycles. The van der Waals surface area contributed by atoms with Crippen molar-refractivity contribution in [3.05, 3.63) is 65.7 Å². The lowest BCUT2D eigenvalue weighted by Gasteiger charge is -2.33. The van der Waals surface area contributed by atoms with Crippen molar-refractivity contribution in [1.82, 2.24) is 10.6 Å². The van der Waals surface area contributed by atoms with E-state index in [-0.39, 0.29) is 30.1 Å². The Hall–Kier alpha value is -3.92. The molecule has 2 amide bonds. The number of nitrogens with one attached hydrogen (secondary N) is 2. The van der Waals surface area contributed by atoms with E-state index in [1.54, 1.807) is 12.1 Å². The molecule has 0 aromatic heterocycles. The van der Waals surface area contributed by atoms with Gasteiger partial charge in [-0.25, -0.2) is 4.79 Å². The zero-order valence-electron chi connectivity index (χ0n) is 22.5. The highest BCUT2D eigenvalue weighted by Crippen LogP contribution is 2.21. The van der Waals surface area contributed by atoms with Gasteiger partial charge in [-0.1, -0.05) is 56.3 Å². The number of para-hydroxylation sites is 1. The number of carbonyl (C=O) groups is 4. The van der Waals surface area contributed by atoms with Crippen molar-refractivity contribution in [2.45, 2.75) is 70.9 Å². The van der Waals surface area contributed by atoms with E-state index in [0.29, 0.717) is 0 Å². The minimum Gasteiger partial charge on any atom is -0.507 e. The van der Waals surface area contributed by atoms with E-state index in [4.69, 9.17) is 9.47 Å². The molecule has 3 rings (SSSR count). The molecule has 1 heterocycles. The lowest BCUT2D eigenvalue weighted by molar-refractivity contribution is -0.178. The number of benzene rings is 2. The van der Waals surface area contributed by atoms with Gasteiger partial charge in [0.25, 0.3) is 5.91 Å². The topological polar surface area (TPSA) is 151 Å². The van der Waals surface area contributed by atoms with Gasteiger partial charge in [0.15, 0.2) is 6.10 Å². The number of phenolic OH excluding ortho intramolecular Hbond substituents is 1. The molecule has 0 radical (unpaired) electrons. The Labute approximate surface area is 227 Å². The van der Waals surface area contributed by atoms with Crippen LogP contribution < -0.4 is 10.6 Å². The summed E-state index contributed by atoms with van der Waals surface area (Å²) in [7, 11) is 0. The minimum absolute atomic E-state index is 0.0375. The molecule has 0 bridgehead atoms. The molecular weight excluding hydrogens is 504 g/mol. The highest BCUT2D eigenvalue weighted by molar-refractivity contribution is 5.99. The summed E-state index contributed by atoms with van der Waals surface area (Å²) in [6, 6.07) is 12.6. The van der Waals surface area contributed by atoms with Crippen LogP contribution in [-0.4, -0.2) is 64.4 Å². The van der Waals surface area contributed by atoms with Gasteiger partial charge in [0.05, 0.1) is 23.6 Å². The molecule has 4 N–H and O–H groups in total. The number of amides is 2. The van der Waals surface area contributed by atoms with Gasteiger partial charge in [0, 0.05) is 0 Å².